The van der Waals surface area contributed by atoms with Crippen LogP contribution in [0.4, 0.5) is 16.3 Å². The average molecular weight is 335 g/mol. The van der Waals surface area contributed by atoms with E-state index in [-0.39, 0.29) is 18.3 Å². The molecule has 7 nitrogen and oxygen atoms in total. The minimum atomic E-state index is -3.58. The highest BCUT2D eigenvalue weighted by Crippen LogP contribution is 2.38. The molecule has 0 saturated heterocycles. The van der Waals surface area contributed by atoms with Crippen LogP contribution in [0.25, 0.3) is 0 Å². The van der Waals surface area contributed by atoms with Crippen molar-refractivity contribution in [1.82, 2.24) is 15.0 Å². The molecular formula is C16H18FN5O2. The van der Waals surface area contributed by atoms with Crippen molar-refractivity contribution in [2.45, 2.75) is 32.6 Å². The van der Waals surface area contributed by atoms with Gasteiger partial charge in [0.05, 0.1) is 14.0 Å². The van der Waals surface area contributed by atoms with E-state index in [0.29, 0.717) is 16.7 Å². The molecule has 0 amide bonds. The quantitative estimate of drug-likeness (QED) is 0.782. The lowest BCUT2D eigenvalue weighted by Gasteiger charge is -2.18. The number of aromatic nitrogens is 3. The number of nitrogen functional groups attached to an aromatic ring is 1. The van der Waals surface area contributed by atoms with Crippen LogP contribution in [0.1, 0.15) is 58.8 Å². The Morgan fingerprint density at radius 2 is 2.29 bits per heavy atom. The lowest BCUT2D eigenvalue weighted by molar-refractivity contribution is 0.0938. The van der Waals surface area contributed by atoms with Crippen LogP contribution >= 0.6 is 0 Å². The van der Waals surface area contributed by atoms with E-state index in [1.165, 1.54) is 0 Å². The Hall–Kier alpha value is -2.61. The number of carbonyl (C=O) groups excluding carboxylic acids is 1. The van der Waals surface area contributed by atoms with Crippen LogP contribution in [-0.2, 0) is 6.61 Å². The molecule has 0 fully saturated rings. The van der Waals surface area contributed by atoms with Gasteiger partial charge < -0.3 is 16.2 Å². The second-order valence-corrected chi connectivity index (χ2v) is 5.51. The summed E-state index contributed by atoms with van der Waals surface area (Å²) in [6.45, 7) is -1.87. The molecule has 0 radical (unpaired) electrons. The van der Waals surface area contributed by atoms with Crippen LogP contribution in [0.5, 0.6) is 0 Å². The van der Waals surface area contributed by atoms with Crippen molar-refractivity contribution in [2.75, 3.05) is 11.1 Å². The maximum Gasteiger partial charge on any atom is 0.228 e. The fourth-order valence-electron chi connectivity index (χ4n) is 2.76. The Kier molecular flexibility index (Phi) is 3.02. The number of hydrogen-bond donors (Lipinski definition) is 3. The molecule has 8 heteroatoms. The summed E-state index contributed by atoms with van der Waals surface area (Å²) in [5, 5.41) is 12.2. The fourth-order valence-corrected chi connectivity index (χ4v) is 2.76. The molecule has 24 heavy (non-hydrogen) atoms. The largest absolute Gasteiger partial charge is 0.392 e. The maximum atomic E-state index is 14.5. The Bertz CT molecular complexity index is 938. The topological polar surface area (TPSA) is 114 Å². The van der Waals surface area contributed by atoms with Crippen molar-refractivity contribution < 1.29 is 19.8 Å². The number of anilines is 2. The second kappa shape index (κ2) is 6.12. The number of hydrogen-bond acceptors (Lipinski definition) is 7. The number of nitrogens with two attached hydrogens (primary N) is 1. The van der Waals surface area contributed by atoms with E-state index in [1.807, 2.05) is 0 Å². The first-order valence-corrected chi connectivity index (χ1v) is 7.21. The Morgan fingerprint density at radius 1 is 1.50 bits per heavy atom. The summed E-state index contributed by atoms with van der Waals surface area (Å²) in [5.41, 5.74) is 7.20. The molecule has 1 aromatic heterocycles. The first-order chi connectivity index (χ1) is 13.0. The summed E-state index contributed by atoms with van der Waals surface area (Å²) in [5.74, 6) is -2.34. The van der Waals surface area contributed by atoms with Crippen LogP contribution in [-0.4, -0.2) is 25.8 Å². The van der Waals surface area contributed by atoms with Crippen LogP contribution < -0.4 is 11.1 Å². The standard InChI is InChI=1S/C16H18FN5O2/c1-7-12(11-5-9(6-23)3-4-10(11)13(7)24)19-16-21-14(8(2)17)20-15(18)22-16/h3-5,7-8,12,23H,6H2,1-2H3,(H3,18,19,20,21,22)/t7-,8?,12-/m1/s1/i2D3,8D. The first kappa shape index (κ1) is 11.9. The predicted octanol–water partition coefficient (Wildman–Crippen LogP) is 1.96. The van der Waals surface area contributed by atoms with E-state index < -0.39 is 36.7 Å². The third kappa shape index (κ3) is 2.80. The third-order valence-electron chi connectivity index (χ3n) is 3.95. The van der Waals surface area contributed by atoms with Gasteiger partial charge in [-0.05, 0) is 18.0 Å². The number of carbonyl (C=O) groups is 1. The number of aliphatic hydroxyl groups excluding tert-OH is 1. The molecular weight excluding hydrogens is 313 g/mol. The van der Waals surface area contributed by atoms with Crippen molar-refractivity contribution in [3.8, 4) is 0 Å². The van der Waals surface area contributed by atoms with E-state index >= 15 is 0 Å². The van der Waals surface area contributed by atoms with E-state index in [9.17, 15) is 14.3 Å². The minimum Gasteiger partial charge on any atom is -0.392 e. The van der Waals surface area contributed by atoms with Crippen LogP contribution in [0.15, 0.2) is 18.2 Å². The maximum absolute atomic E-state index is 14.5. The lowest BCUT2D eigenvalue weighted by atomic mass is 10.0. The van der Waals surface area contributed by atoms with Gasteiger partial charge in [0.2, 0.25) is 11.9 Å². The lowest BCUT2D eigenvalue weighted by Crippen LogP contribution is -2.20. The summed E-state index contributed by atoms with van der Waals surface area (Å²) >= 11 is 0. The molecule has 1 aromatic carbocycles. The number of alkyl halides is 1. The zero-order valence-electron chi connectivity index (χ0n) is 16.7. The average Bonchev–Trinajstić information content (AvgIpc) is 2.84. The fraction of sp³-hybridized carbons (Fsp3) is 0.375. The third-order valence-corrected chi connectivity index (χ3v) is 3.95. The Labute approximate surface area is 143 Å². The number of fused-ring (bicyclic) bond motifs is 1. The number of halogens is 1. The highest BCUT2D eigenvalue weighted by molar-refractivity contribution is 6.03. The van der Waals surface area contributed by atoms with Gasteiger partial charge in [0.1, 0.15) is 0 Å². The number of nitrogens with zero attached hydrogens (tertiary/aromatic N) is 3. The molecule has 2 aromatic rings. The van der Waals surface area contributed by atoms with Gasteiger partial charge >= 0.3 is 0 Å². The zero-order valence-corrected chi connectivity index (χ0v) is 12.7. The number of rotatable bonds is 4. The normalized spacial score (nSPS) is 25.0. The van der Waals surface area contributed by atoms with Crippen LogP contribution in [0.2, 0.25) is 0 Å². The SMILES string of the molecule is [2H]C([2H])([2H])C([2H])(F)c1nc(N)nc(N[C@H]2c3cc(CO)ccc3C(=O)[C@@H]2C)n1. The molecule has 3 rings (SSSR count). The van der Waals surface area contributed by atoms with Gasteiger partial charge in [0.25, 0.3) is 0 Å². The van der Waals surface area contributed by atoms with Crippen LogP contribution in [0, 0.1) is 5.92 Å². The molecule has 0 bridgehead atoms. The molecule has 1 aliphatic carbocycles. The molecule has 1 unspecified atom stereocenters. The van der Waals surface area contributed by atoms with E-state index in [0.717, 1.165) is 0 Å². The molecule has 0 saturated carbocycles. The zero-order chi connectivity index (χ0) is 20.9. The summed E-state index contributed by atoms with van der Waals surface area (Å²) < 4.78 is 43.5. The first-order valence-electron chi connectivity index (χ1n) is 9.21. The second-order valence-electron chi connectivity index (χ2n) is 5.51. The van der Waals surface area contributed by atoms with E-state index in [1.54, 1.807) is 25.1 Å². The monoisotopic (exact) mass is 335 g/mol. The van der Waals surface area contributed by atoms with Gasteiger partial charge in [0.15, 0.2) is 17.8 Å². The molecule has 1 aliphatic rings. The molecule has 3 atom stereocenters. The molecule has 4 N–H and O–H groups in total. The van der Waals surface area contributed by atoms with Crippen LogP contribution in [0.3, 0.4) is 0 Å². The predicted molar refractivity (Wildman–Crippen MR) is 86.0 cm³/mol. The van der Waals surface area contributed by atoms with Gasteiger partial charge in [-0.2, -0.15) is 15.0 Å². The summed E-state index contributed by atoms with van der Waals surface area (Å²) in [4.78, 5) is 23.5. The summed E-state index contributed by atoms with van der Waals surface area (Å²) in [6, 6.07) is 4.29. The smallest absolute Gasteiger partial charge is 0.228 e. The summed E-state index contributed by atoms with van der Waals surface area (Å²) in [7, 11) is 0. The van der Waals surface area contributed by atoms with Crippen molar-refractivity contribution in [3.05, 3.63) is 40.7 Å². The van der Waals surface area contributed by atoms with Gasteiger partial charge in [-0.25, -0.2) is 4.39 Å². The number of ketones is 1. The number of aliphatic hydroxyl groups is 1. The Balaban J connectivity index is 2.00. The van der Waals surface area contributed by atoms with E-state index in [2.05, 4.69) is 20.3 Å². The number of Topliss-reactive ketones (excluding diaryl/α,β-unsaturated/α-hetero) is 1. The molecule has 0 aliphatic heterocycles. The molecule has 0 spiro atoms. The Morgan fingerprint density at radius 3 is 3.00 bits per heavy atom. The van der Waals surface area contributed by atoms with Crippen molar-refractivity contribution in [2.24, 2.45) is 5.92 Å². The van der Waals surface area contributed by atoms with Crippen molar-refractivity contribution in [1.29, 1.82) is 0 Å². The van der Waals surface area contributed by atoms with Gasteiger partial charge in [0, 0.05) is 15.6 Å². The van der Waals surface area contributed by atoms with Crippen molar-refractivity contribution >= 4 is 17.7 Å². The highest BCUT2D eigenvalue weighted by atomic mass is 19.1. The molecule has 126 valence electrons. The highest BCUT2D eigenvalue weighted by Gasteiger charge is 2.37. The summed E-state index contributed by atoms with van der Waals surface area (Å²) in [6.07, 6.45) is -3.58. The van der Waals surface area contributed by atoms with Gasteiger partial charge in [-0.1, -0.05) is 25.1 Å². The van der Waals surface area contributed by atoms with E-state index in [4.69, 9.17) is 11.2 Å². The minimum absolute atomic E-state index is 0.137. The van der Waals surface area contributed by atoms with Gasteiger partial charge in [-0.15, -0.1) is 0 Å². The molecule has 1 heterocycles. The van der Waals surface area contributed by atoms with Gasteiger partial charge in [-0.3, -0.25) is 4.79 Å². The van der Waals surface area contributed by atoms with Crippen molar-refractivity contribution in [3.63, 3.8) is 0 Å². The number of nitrogens with one attached hydrogen (secondary N) is 1. The number of benzene rings is 1.